The first kappa shape index (κ1) is 16.6. The Kier molecular flexibility index (Phi) is 5.51. The van der Waals surface area contributed by atoms with E-state index >= 15 is 0 Å². The highest BCUT2D eigenvalue weighted by atomic mass is 79.9. The first-order chi connectivity index (χ1) is 9.90. The van der Waals surface area contributed by atoms with Crippen LogP contribution in [0, 0.1) is 5.92 Å². The van der Waals surface area contributed by atoms with E-state index < -0.39 is 10.0 Å². The Labute approximate surface area is 134 Å². The van der Waals surface area contributed by atoms with Crippen LogP contribution in [-0.4, -0.2) is 45.7 Å². The molecule has 0 bridgehead atoms. The maximum absolute atomic E-state index is 11.6. The summed E-state index contributed by atoms with van der Waals surface area (Å²) in [5.74, 6) is 1.14. The number of halogens is 1. The molecule has 1 heterocycles. The number of hydrogen-bond acceptors (Lipinski definition) is 4. The van der Waals surface area contributed by atoms with E-state index in [-0.39, 0.29) is 0 Å². The number of hydrogen-bond donors (Lipinski definition) is 1. The molecular weight excluding hydrogens is 356 g/mol. The molecule has 0 radical (unpaired) electrons. The third-order valence-electron chi connectivity index (χ3n) is 3.70. The number of benzene rings is 1. The highest BCUT2D eigenvalue weighted by Gasteiger charge is 2.25. The number of nitrogens with one attached hydrogen (secondary N) is 1. The van der Waals surface area contributed by atoms with Crippen LogP contribution in [0.5, 0.6) is 5.75 Å². The summed E-state index contributed by atoms with van der Waals surface area (Å²) >= 11 is 3.46. The topological polar surface area (TPSA) is 58.6 Å². The van der Waals surface area contributed by atoms with Crippen molar-refractivity contribution in [2.24, 2.45) is 5.92 Å². The lowest BCUT2D eigenvalue weighted by Crippen LogP contribution is -2.41. The minimum atomic E-state index is -3.08. The number of rotatable bonds is 5. The molecule has 1 fully saturated rings. The summed E-state index contributed by atoms with van der Waals surface area (Å²) in [6.45, 7) is 2.01. The molecule has 1 N–H and O–H groups in total. The van der Waals surface area contributed by atoms with Gasteiger partial charge in [0.15, 0.2) is 0 Å². The molecule has 1 unspecified atom stereocenters. The molecule has 0 saturated carbocycles. The second-order valence-corrected chi connectivity index (χ2v) is 8.20. The molecule has 1 aromatic carbocycles. The van der Waals surface area contributed by atoms with Crippen LogP contribution >= 0.6 is 15.9 Å². The number of piperidine rings is 1. The van der Waals surface area contributed by atoms with Crippen molar-refractivity contribution in [1.82, 2.24) is 4.31 Å². The SMILES string of the molecule is COc1ccc(NCC2CCCN(S(C)(=O)=O)C2)cc1Br. The van der Waals surface area contributed by atoms with Crippen molar-refractivity contribution in [2.45, 2.75) is 12.8 Å². The van der Waals surface area contributed by atoms with Gasteiger partial charge in [-0.1, -0.05) is 0 Å². The standard InChI is InChI=1S/C14H21BrN2O3S/c1-20-14-6-5-12(8-13(14)15)16-9-11-4-3-7-17(10-11)21(2,18)19/h5-6,8,11,16H,3-4,7,9-10H2,1-2H3. The van der Waals surface area contributed by atoms with Crippen molar-refractivity contribution in [2.75, 3.05) is 38.3 Å². The van der Waals surface area contributed by atoms with Crippen LogP contribution in [0.15, 0.2) is 22.7 Å². The minimum Gasteiger partial charge on any atom is -0.496 e. The number of nitrogens with zero attached hydrogens (tertiary/aromatic N) is 1. The maximum Gasteiger partial charge on any atom is 0.211 e. The van der Waals surface area contributed by atoms with E-state index in [0.717, 1.165) is 35.3 Å². The maximum atomic E-state index is 11.6. The van der Waals surface area contributed by atoms with Crippen molar-refractivity contribution in [1.29, 1.82) is 0 Å². The van der Waals surface area contributed by atoms with Crippen molar-refractivity contribution in [3.63, 3.8) is 0 Å². The monoisotopic (exact) mass is 376 g/mol. The van der Waals surface area contributed by atoms with E-state index in [1.165, 1.54) is 6.26 Å². The molecule has 1 aromatic rings. The lowest BCUT2D eigenvalue weighted by Gasteiger charge is -2.31. The van der Waals surface area contributed by atoms with Crippen molar-refractivity contribution < 1.29 is 13.2 Å². The minimum absolute atomic E-state index is 0.342. The van der Waals surface area contributed by atoms with Crippen molar-refractivity contribution in [3.05, 3.63) is 22.7 Å². The van der Waals surface area contributed by atoms with Crippen LogP contribution in [-0.2, 0) is 10.0 Å². The Bertz CT molecular complexity index is 592. The molecule has 2 rings (SSSR count). The van der Waals surface area contributed by atoms with Gasteiger partial charge in [0.25, 0.3) is 0 Å². The van der Waals surface area contributed by atoms with E-state index in [1.54, 1.807) is 11.4 Å². The van der Waals surface area contributed by atoms with Gasteiger partial charge in [0.2, 0.25) is 10.0 Å². The lowest BCUT2D eigenvalue weighted by molar-refractivity contribution is 0.277. The molecule has 1 atom stereocenters. The highest BCUT2D eigenvalue weighted by molar-refractivity contribution is 9.10. The molecule has 7 heteroatoms. The van der Waals surface area contributed by atoms with E-state index in [0.29, 0.717) is 19.0 Å². The predicted octanol–water partition coefficient (Wildman–Crippen LogP) is 2.54. The summed E-state index contributed by atoms with van der Waals surface area (Å²) in [6, 6.07) is 5.83. The van der Waals surface area contributed by atoms with Gasteiger partial charge in [-0.2, -0.15) is 0 Å². The summed E-state index contributed by atoms with van der Waals surface area (Å²) < 4.78 is 30.9. The highest BCUT2D eigenvalue weighted by Crippen LogP contribution is 2.28. The summed E-state index contributed by atoms with van der Waals surface area (Å²) in [6.07, 6.45) is 3.26. The van der Waals surface area contributed by atoms with E-state index in [4.69, 9.17) is 4.74 Å². The first-order valence-electron chi connectivity index (χ1n) is 6.92. The summed E-state index contributed by atoms with van der Waals surface area (Å²) in [5, 5.41) is 3.37. The zero-order chi connectivity index (χ0) is 15.5. The van der Waals surface area contributed by atoms with Crippen molar-refractivity contribution >= 4 is 31.6 Å². The van der Waals surface area contributed by atoms with E-state index in [9.17, 15) is 8.42 Å². The number of ether oxygens (including phenoxy) is 1. The van der Waals surface area contributed by atoms with Crippen LogP contribution in [0.4, 0.5) is 5.69 Å². The third-order valence-corrected chi connectivity index (χ3v) is 5.59. The number of sulfonamides is 1. The first-order valence-corrected chi connectivity index (χ1v) is 9.57. The van der Waals surface area contributed by atoms with Gasteiger partial charge in [-0.05, 0) is 52.9 Å². The Morgan fingerprint density at radius 1 is 1.48 bits per heavy atom. The fourth-order valence-corrected chi connectivity index (χ4v) is 4.02. The molecular formula is C14H21BrN2O3S. The summed E-state index contributed by atoms with van der Waals surface area (Å²) in [5.41, 5.74) is 0.999. The zero-order valence-corrected chi connectivity index (χ0v) is 14.7. The summed E-state index contributed by atoms with van der Waals surface area (Å²) in [7, 11) is -1.44. The molecule has 0 amide bonds. The smallest absolute Gasteiger partial charge is 0.211 e. The van der Waals surface area contributed by atoms with Gasteiger partial charge in [-0.3, -0.25) is 0 Å². The van der Waals surface area contributed by atoms with Crippen LogP contribution in [0.2, 0.25) is 0 Å². The Morgan fingerprint density at radius 2 is 2.24 bits per heavy atom. The molecule has 1 aliphatic rings. The Morgan fingerprint density at radius 3 is 2.86 bits per heavy atom. The third kappa shape index (κ3) is 4.59. The lowest BCUT2D eigenvalue weighted by atomic mass is 9.99. The van der Waals surface area contributed by atoms with E-state index in [2.05, 4.69) is 21.2 Å². The van der Waals surface area contributed by atoms with Crippen molar-refractivity contribution in [3.8, 4) is 5.75 Å². The fraction of sp³-hybridized carbons (Fsp3) is 0.571. The predicted molar refractivity (Wildman–Crippen MR) is 88.3 cm³/mol. The van der Waals surface area contributed by atoms with Gasteiger partial charge in [0, 0.05) is 25.3 Å². The average molecular weight is 377 g/mol. The van der Waals surface area contributed by atoms with Gasteiger partial charge >= 0.3 is 0 Å². The largest absolute Gasteiger partial charge is 0.496 e. The van der Waals surface area contributed by atoms with Gasteiger partial charge < -0.3 is 10.1 Å². The van der Waals surface area contributed by atoms with Gasteiger partial charge in [0.05, 0.1) is 17.8 Å². The second kappa shape index (κ2) is 6.98. The normalized spacial score (nSPS) is 20.2. The summed E-state index contributed by atoms with van der Waals surface area (Å²) in [4.78, 5) is 0. The van der Waals surface area contributed by atoms with Crippen LogP contribution in [0.1, 0.15) is 12.8 Å². The number of methoxy groups -OCH3 is 1. The zero-order valence-electron chi connectivity index (χ0n) is 12.3. The van der Waals surface area contributed by atoms with Crippen LogP contribution in [0.25, 0.3) is 0 Å². The Hall–Kier alpha value is -0.790. The van der Waals surface area contributed by atoms with Crippen LogP contribution in [0.3, 0.4) is 0 Å². The molecule has 5 nitrogen and oxygen atoms in total. The molecule has 0 aliphatic carbocycles. The average Bonchev–Trinajstić information content (AvgIpc) is 2.45. The molecule has 21 heavy (non-hydrogen) atoms. The fourth-order valence-electron chi connectivity index (χ4n) is 2.53. The van der Waals surface area contributed by atoms with Gasteiger partial charge in [-0.25, -0.2) is 12.7 Å². The quantitative estimate of drug-likeness (QED) is 0.857. The molecule has 1 aliphatic heterocycles. The molecule has 1 saturated heterocycles. The molecule has 0 spiro atoms. The van der Waals surface area contributed by atoms with Crippen LogP contribution < -0.4 is 10.1 Å². The molecule has 118 valence electrons. The van der Waals surface area contributed by atoms with Gasteiger partial charge in [-0.15, -0.1) is 0 Å². The van der Waals surface area contributed by atoms with Gasteiger partial charge in [0.1, 0.15) is 5.75 Å². The molecule has 0 aromatic heterocycles. The van der Waals surface area contributed by atoms with E-state index in [1.807, 2.05) is 18.2 Å². The second-order valence-electron chi connectivity index (χ2n) is 5.36. The number of anilines is 1. The Balaban J connectivity index is 1.92.